The summed E-state index contributed by atoms with van der Waals surface area (Å²) in [4.78, 5) is 12.9. The van der Waals surface area contributed by atoms with Crippen LogP contribution in [0.4, 0.5) is 26.3 Å². The van der Waals surface area contributed by atoms with Gasteiger partial charge in [-0.25, -0.2) is 9.88 Å². The van der Waals surface area contributed by atoms with E-state index in [1.54, 1.807) is 97.1 Å². The van der Waals surface area contributed by atoms with Gasteiger partial charge < -0.3 is 4.74 Å². The molecule has 1 N–H and O–H groups in total. The van der Waals surface area contributed by atoms with E-state index in [0.717, 1.165) is 0 Å². The number of ether oxygens (including phenoxy) is 1. The van der Waals surface area contributed by atoms with Crippen LogP contribution in [0.2, 0.25) is 0 Å². The normalized spacial score (nSPS) is 13.3. The molecule has 0 fully saturated rings. The molecule has 0 amide bonds. The summed E-state index contributed by atoms with van der Waals surface area (Å²) >= 11 is 0. The molecule has 11 heteroatoms. The highest BCUT2D eigenvalue weighted by molar-refractivity contribution is 7.76. The first-order valence-corrected chi connectivity index (χ1v) is 13.5. The minimum absolute atomic E-state index is 0.253. The van der Waals surface area contributed by atoms with Gasteiger partial charge in [0.2, 0.25) is 7.29 Å². The fourth-order valence-electron chi connectivity index (χ4n) is 4.21. The first kappa shape index (κ1) is 29.1. The topological polar surface area (TPSA) is 55.4 Å². The van der Waals surface area contributed by atoms with E-state index in [0.29, 0.717) is 10.8 Å². The van der Waals surface area contributed by atoms with Crippen molar-refractivity contribution in [1.82, 2.24) is 5.09 Å². The van der Waals surface area contributed by atoms with E-state index >= 15 is 0 Å². The average molecular weight is 577 g/mol. The molecule has 0 saturated heterocycles. The van der Waals surface area contributed by atoms with Gasteiger partial charge in [-0.05, 0) is 40.6 Å². The van der Waals surface area contributed by atoms with Crippen molar-refractivity contribution in [3.05, 3.63) is 121 Å². The number of fused-ring (bicyclic) bond motifs is 1. The molecular formula is C29H22F6NO3P. The third kappa shape index (κ3) is 6.13. The second-order valence-corrected chi connectivity index (χ2v) is 11.3. The Morgan fingerprint density at radius 2 is 1.20 bits per heavy atom. The molecule has 0 heterocycles. The number of hydrogen-bond acceptors (Lipinski definition) is 3. The maximum atomic E-state index is 14.7. The molecule has 4 aromatic rings. The van der Waals surface area contributed by atoms with Gasteiger partial charge >= 0.3 is 18.3 Å². The Bertz CT molecular complexity index is 1490. The Kier molecular flexibility index (Phi) is 8.23. The number of nitrogens with one attached hydrogen (secondary N) is 1. The molecule has 0 unspecified atom stereocenters. The molecule has 0 bridgehead atoms. The minimum atomic E-state index is -5.92. The van der Waals surface area contributed by atoms with E-state index in [-0.39, 0.29) is 16.2 Å². The Hall–Kier alpha value is -3.88. The number of halogens is 6. The van der Waals surface area contributed by atoms with Crippen LogP contribution in [0.3, 0.4) is 0 Å². The Balaban J connectivity index is 1.87. The van der Waals surface area contributed by atoms with Gasteiger partial charge in [0.05, 0.1) is 11.6 Å². The third-order valence-corrected chi connectivity index (χ3v) is 8.79. The first-order chi connectivity index (χ1) is 18.8. The number of rotatable bonds is 8. The maximum absolute atomic E-state index is 14.7. The number of carbonyl (C=O) groups excluding carboxylic acids is 1. The van der Waals surface area contributed by atoms with Gasteiger partial charge in [0, 0.05) is 10.6 Å². The van der Waals surface area contributed by atoms with Crippen LogP contribution in [-0.4, -0.2) is 24.4 Å². The summed E-state index contributed by atoms with van der Waals surface area (Å²) < 4.78 is 97.9. The lowest BCUT2D eigenvalue weighted by Crippen LogP contribution is -2.46. The van der Waals surface area contributed by atoms with E-state index in [1.807, 2.05) is 0 Å². The van der Waals surface area contributed by atoms with Crippen LogP contribution < -0.4 is 15.7 Å². The van der Waals surface area contributed by atoms with Crippen LogP contribution in [0.5, 0.6) is 0 Å². The molecule has 0 aliphatic rings. The van der Waals surface area contributed by atoms with Crippen molar-refractivity contribution in [2.24, 2.45) is 0 Å². The van der Waals surface area contributed by atoms with Gasteiger partial charge in [-0.2, -0.15) is 26.3 Å². The third-order valence-electron chi connectivity index (χ3n) is 6.12. The lowest BCUT2D eigenvalue weighted by atomic mass is 9.95. The zero-order valence-electron chi connectivity index (χ0n) is 20.6. The molecule has 4 aromatic carbocycles. The van der Waals surface area contributed by atoms with Crippen LogP contribution in [0.25, 0.3) is 10.8 Å². The molecule has 208 valence electrons. The Labute approximate surface area is 225 Å². The highest BCUT2D eigenvalue weighted by Crippen LogP contribution is 2.45. The highest BCUT2D eigenvalue weighted by Gasteiger charge is 2.60. The second-order valence-electron chi connectivity index (χ2n) is 8.80. The molecule has 0 spiro atoms. The second kappa shape index (κ2) is 11.3. The fourth-order valence-corrected chi connectivity index (χ4v) is 6.65. The van der Waals surface area contributed by atoms with Crippen LogP contribution in [0.1, 0.15) is 11.6 Å². The monoisotopic (exact) mass is 577 g/mol. The van der Waals surface area contributed by atoms with Gasteiger partial charge in [0.1, 0.15) is 0 Å². The van der Waals surface area contributed by atoms with Crippen LogP contribution >= 0.6 is 7.29 Å². The summed E-state index contributed by atoms with van der Waals surface area (Å²) in [6.45, 7) is 3.53. The van der Waals surface area contributed by atoms with Gasteiger partial charge in [-0.3, -0.25) is 4.57 Å². The SMILES string of the molecule is C=C(C(=O)OC(C(F)(F)F)C(F)(F)F)[C@@H](NP(=O)(c1ccccc1)c1ccccc1)c1cccc2ccccc12. The summed E-state index contributed by atoms with van der Waals surface area (Å²) in [5, 5.41) is 4.64. The van der Waals surface area contributed by atoms with Crippen LogP contribution in [0, 0.1) is 0 Å². The number of esters is 1. The van der Waals surface area contributed by atoms with Gasteiger partial charge in [-0.1, -0.05) is 85.4 Å². The Morgan fingerprint density at radius 1 is 0.725 bits per heavy atom. The lowest BCUT2D eigenvalue weighted by Gasteiger charge is -2.30. The molecule has 0 aromatic heterocycles. The highest BCUT2D eigenvalue weighted by atomic mass is 31.2. The summed E-state index contributed by atoms with van der Waals surface area (Å²) in [7, 11) is -3.88. The zero-order valence-corrected chi connectivity index (χ0v) is 21.5. The van der Waals surface area contributed by atoms with E-state index in [4.69, 9.17) is 0 Å². The maximum Gasteiger partial charge on any atom is 0.434 e. The van der Waals surface area contributed by atoms with Crippen LogP contribution in [0.15, 0.2) is 115 Å². The van der Waals surface area contributed by atoms with Crippen molar-refractivity contribution in [3.8, 4) is 0 Å². The molecule has 0 saturated carbocycles. The molecule has 40 heavy (non-hydrogen) atoms. The largest absolute Gasteiger partial charge is 0.439 e. The lowest BCUT2D eigenvalue weighted by molar-refractivity contribution is -0.312. The average Bonchev–Trinajstić information content (AvgIpc) is 2.93. The summed E-state index contributed by atoms with van der Waals surface area (Å²) in [5.41, 5.74) is -0.537. The standard InChI is InChI=1S/C29H22F6NO3P/c1-19(26(37)39-27(28(30,31)32)29(33,34)35)25(24-18-10-12-20-11-8-9-17-23(20)24)36-40(38,21-13-4-2-5-14-21)22-15-6-3-7-16-22/h2-18,25,27H,1H2,(H,36,38)/t25-/m1/s1. The van der Waals surface area contributed by atoms with Gasteiger partial charge in [0.25, 0.3) is 6.10 Å². The summed E-state index contributed by atoms with van der Waals surface area (Å²) in [6.07, 6.45) is -16.2. The molecule has 0 aliphatic carbocycles. The van der Waals surface area contributed by atoms with Crippen LogP contribution in [-0.2, 0) is 14.1 Å². The predicted molar refractivity (Wildman–Crippen MR) is 141 cm³/mol. The van der Waals surface area contributed by atoms with Crippen molar-refractivity contribution in [2.75, 3.05) is 0 Å². The predicted octanol–water partition coefficient (Wildman–Crippen LogP) is 6.99. The van der Waals surface area contributed by atoms with E-state index in [2.05, 4.69) is 16.4 Å². The first-order valence-electron chi connectivity index (χ1n) is 11.8. The van der Waals surface area contributed by atoms with E-state index in [9.17, 15) is 35.7 Å². The molecular weight excluding hydrogens is 555 g/mol. The van der Waals surface area contributed by atoms with Crippen molar-refractivity contribution in [3.63, 3.8) is 0 Å². The smallest absolute Gasteiger partial charge is 0.434 e. The van der Waals surface area contributed by atoms with Crippen molar-refractivity contribution in [2.45, 2.75) is 24.5 Å². The van der Waals surface area contributed by atoms with Gasteiger partial charge in [0.15, 0.2) is 0 Å². The fraction of sp³-hybridized carbons (Fsp3) is 0.138. The number of hydrogen-bond donors (Lipinski definition) is 1. The zero-order chi connectivity index (χ0) is 29.1. The molecule has 1 atom stereocenters. The molecule has 4 rings (SSSR count). The molecule has 0 aliphatic heterocycles. The summed E-state index contributed by atoms with van der Waals surface area (Å²) in [6, 6.07) is 26.2. The van der Waals surface area contributed by atoms with E-state index < -0.39 is 43.3 Å². The van der Waals surface area contributed by atoms with Crippen molar-refractivity contribution >= 4 is 34.6 Å². The van der Waals surface area contributed by atoms with Crippen molar-refractivity contribution < 1.29 is 40.4 Å². The van der Waals surface area contributed by atoms with E-state index in [1.165, 1.54) is 6.07 Å². The van der Waals surface area contributed by atoms with Crippen molar-refractivity contribution in [1.29, 1.82) is 0 Å². The summed E-state index contributed by atoms with van der Waals surface area (Å²) in [5.74, 6) is -1.95. The quantitative estimate of drug-likeness (QED) is 0.106. The van der Waals surface area contributed by atoms with Gasteiger partial charge in [-0.15, -0.1) is 0 Å². The number of benzene rings is 4. The minimum Gasteiger partial charge on any atom is -0.439 e. The molecule has 0 radical (unpaired) electrons. The molecule has 4 nitrogen and oxygen atoms in total. The number of carbonyl (C=O) groups is 1. The Morgan fingerprint density at radius 3 is 1.73 bits per heavy atom. The number of alkyl halides is 6.